The van der Waals surface area contributed by atoms with Crippen molar-refractivity contribution in [3.05, 3.63) is 75.9 Å². The Kier molecular flexibility index (Phi) is 5.54. The summed E-state index contributed by atoms with van der Waals surface area (Å²) in [5, 5.41) is 9.84. The number of nitriles is 1. The van der Waals surface area contributed by atoms with E-state index in [4.69, 9.17) is 4.98 Å². The van der Waals surface area contributed by atoms with Crippen LogP contribution in [0.25, 0.3) is 22.4 Å². The molecule has 3 heteroatoms. The van der Waals surface area contributed by atoms with Crippen molar-refractivity contribution >= 4 is 15.9 Å². The van der Waals surface area contributed by atoms with Crippen molar-refractivity contribution < 1.29 is 0 Å². The second-order valence-electron chi connectivity index (χ2n) is 6.93. The monoisotopic (exact) mass is 404 g/mol. The minimum Gasteiger partial charge on any atom is -0.251 e. The Morgan fingerprint density at radius 2 is 1.73 bits per heavy atom. The van der Waals surface area contributed by atoms with Gasteiger partial charge < -0.3 is 0 Å². The second-order valence-corrected chi connectivity index (χ2v) is 7.79. The molecule has 3 rings (SSSR count). The van der Waals surface area contributed by atoms with Crippen molar-refractivity contribution in [1.82, 2.24) is 4.98 Å². The van der Waals surface area contributed by atoms with Crippen LogP contribution in [0.2, 0.25) is 0 Å². The predicted octanol–water partition coefficient (Wildman–Crippen LogP) is 6.56. The summed E-state index contributed by atoms with van der Waals surface area (Å²) in [6.07, 6.45) is 0.778. The van der Waals surface area contributed by atoms with E-state index in [2.05, 4.69) is 73.1 Å². The highest BCUT2D eigenvalue weighted by atomic mass is 79.9. The summed E-state index contributed by atoms with van der Waals surface area (Å²) < 4.78 is 1.00. The fourth-order valence-corrected chi connectivity index (χ4v) is 3.51. The number of hydrogen-bond acceptors (Lipinski definition) is 2. The summed E-state index contributed by atoms with van der Waals surface area (Å²) in [6, 6.07) is 20.8. The molecule has 0 saturated carbocycles. The summed E-state index contributed by atoms with van der Waals surface area (Å²) in [4.78, 5) is 4.87. The van der Waals surface area contributed by atoms with Gasteiger partial charge in [0.05, 0.1) is 17.0 Å². The van der Waals surface area contributed by atoms with Crippen molar-refractivity contribution in [3.63, 3.8) is 0 Å². The van der Waals surface area contributed by atoms with Crippen molar-refractivity contribution in [1.29, 1.82) is 5.26 Å². The molecular formula is C23H21BrN2. The van der Waals surface area contributed by atoms with Crippen LogP contribution in [0.1, 0.15) is 30.7 Å². The van der Waals surface area contributed by atoms with Crippen LogP contribution < -0.4 is 0 Å². The molecule has 0 aliphatic heterocycles. The first kappa shape index (κ1) is 18.4. The molecule has 0 amide bonds. The van der Waals surface area contributed by atoms with Gasteiger partial charge in [-0.25, -0.2) is 0 Å². The molecule has 0 fully saturated rings. The lowest BCUT2D eigenvalue weighted by Gasteiger charge is -2.15. The summed E-state index contributed by atoms with van der Waals surface area (Å²) >= 11 is 3.63. The molecule has 0 spiro atoms. The molecular weight excluding hydrogens is 384 g/mol. The normalized spacial score (nSPS) is 10.8. The molecule has 26 heavy (non-hydrogen) atoms. The summed E-state index contributed by atoms with van der Waals surface area (Å²) in [5.41, 5.74) is 6.68. The lowest BCUT2D eigenvalue weighted by molar-refractivity contribution is 0.635. The zero-order chi connectivity index (χ0) is 18.7. The van der Waals surface area contributed by atoms with Crippen LogP contribution in [-0.2, 0) is 6.42 Å². The van der Waals surface area contributed by atoms with Gasteiger partial charge in [0.15, 0.2) is 0 Å². The van der Waals surface area contributed by atoms with E-state index in [-0.39, 0.29) is 0 Å². The van der Waals surface area contributed by atoms with Gasteiger partial charge in [-0.2, -0.15) is 5.26 Å². The van der Waals surface area contributed by atoms with E-state index in [9.17, 15) is 5.26 Å². The Bertz CT molecular complexity index is 966. The fourth-order valence-electron chi connectivity index (χ4n) is 3.02. The molecule has 130 valence electrons. The van der Waals surface area contributed by atoms with E-state index in [1.165, 1.54) is 5.56 Å². The van der Waals surface area contributed by atoms with Crippen molar-refractivity contribution in [2.24, 2.45) is 5.92 Å². The Hall–Kier alpha value is -2.44. The number of nitrogens with zero attached hydrogens (tertiary/aromatic N) is 2. The van der Waals surface area contributed by atoms with Crippen LogP contribution in [0.5, 0.6) is 0 Å². The Balaban J connectivity index is 2.27. The standard InChI is InChI=1S/C23H21BrN2/c1-15(2)12-22-20(14-25)19(17-10-8-16(3)9-11-17)13-23(26-22)18-6-4-5-7-21(18)24/h4-11,13,15H,12H2,1-3H3. The smallest absolute Gasteiger partial charge is 0.102 e. The van der Waals surface area contributed by atoms with Crippen molar-refractivity contribution in [3.8, 4) is 28.5 Å². The van der Waals surface area contributed by atoms with Crippen molar-refractivity contribution in [2.75, 3.05) is 0 Å². The third-order valence-corrected chi connectivity index (χ3v) is 5.01. The molecule has 1 heterocycles. The second kappa shape index (κ2) is 7.85. The van der Waals surface area contributed by atoms with Crippen molar-refractivity contribution in [2.45, 2.75) is 27.2 Å². The minimum absolute atomic E-state index is 0.426. The average Bonchev–Trinajstić information content (AvgIpc) is 2.61. The third kappa shape index (κ3) is 3.86. The average molecular weight is 405 g/mol. The highest BCUT2D eigenvalue weighted by Crippen LogP contribution is 2.33. The maximum atomic E-state index is 9.84. The van der Waals surface area contributed by atoms with Gasteiger partial charge in [-0.15, -0.1) is 0 Å². The SMILES string of the molecule is Cc1ccc(-c2cc(-c3ccccc3Br)nc(CC(C)C)c2C#N)cc1. The quantitative estimate of drug-likeness (QED) is 0.493. The van der Waals surface area contributed by atoms with Gasteiger partial charge in [0.1, 0.15) is 6.07 Å². The van der Waals surface area contributed by atoms with E-state index in [0.29, 0.717) is 11.5 Å². The third-order valence-electron chi connectivity index (χ3n) is 4.32. The molecule has 0 bridgehead atoms. The van der Waals surface area contributed by atoms with Gasteiger partial charge in [-0.1, -0.05) is 77.8 Å². The molecule has 0 aliphatic rings. The molecule has 0 atom stereocenters. The number of aryl methyl sites for hydroxylation is 1. The maximum absolute atomic E-state index is 9.84. The number of halogens is 1. The summed E-state index contributed by atoms with van der Waals surface area (Å²) in [5.74, 6) is 0.426. The molecule has 0 aliphatic carbocycles. The van der Waals surface area contributed by atoms with Crippen LogP contribution in [0.3, 0.4) is 0 Å². The van der Waals surface area contributed by atoms with E-state index in [0.717, 1.165) is 39.0 Å². The molecule has 0 N–H and O–H groups in total. The maximum Gasteiger partial charge on any atom is 0.102 e. The topological polar surface area (TPSA) is 36.7 Å². The number of aromatic nitrogens is 1. The lowest BCUT2D eigenvalue weighted by Crippen LogP contribution is -2.04. The van der Waals surface area contributed by atoms with Crippen LogP contribution in [0, 0.1) is 24.2 Å². The van der Waals surface area contributed by atoms with Gasteiger partial charge in [0.2, 0.25) is 0 Å². The first-order valence-electron chi connectivity index (χ1n) is 8.75. The number of benzene rings is 2. The molecule has 0 unspecified atom stereocenters. The van der Waals surface area contributed by atoms with Gasteiger partial charge in [0, 0.05) is 15.6 Å². The number of hydrogen-bond donors (Lipinski definition) is 0. The predicted molar refractivity (Wildman–Crippen MR) is 111 cm³/mol. The van der Waals surface area contributed by atoms with E-state index in [1.807, 2.05) is 24.3 Å². The molecule has 0 saturated heterocycles. The number of pyridine rings is 1. The van der Waals surface area contributed by atoms with Crippen LogP contribution in [-0.4, -0.2) is 4.98 Å². The van der Waals surface area contributed by atoms with E-state index < -0.39 is 0 Å². The van der Waals surface area contributed by atoms with Crippen LogP contribution >= 0.6 is 15.9 Å². The molecule has 1 aromatic heterocycles. The van der Waals surface area contributed by atoms with E-state index in [1.54, 1.807) is 0 Å². The summed E-state index contributed by atoms with van der Waals surface area (Å²) in [6.45, 7) is 6.37. The van der Waals surface area contributed by atoms with Gasteiger partial charge in [0.25, 0.3) is 0 Å². The Labute approximate surface area is 163 Å². The van der Waals surface area contributed by atoms with Gasteiger partial charge in [-0.3, -0.25) is 4.98 Å². The molecule has 2 nitrogen and oxygen atoms in total. The largest absolute Gasteiger partial charge is 0.251 e. The Morgan fingerprint density at radius 3 is 2.35 bits per heavy atom. The van der Waals surface area contributed by atoms with Gasteiger partial charge in [-0.05, 0) is 37.0 Å². The highest BCUT2D eigenvalue weighted by Gasteiger charge is 2.17. The van der Waals surface area contributed by atoms with Gasteiger partial charge >= 0.3 is 0 Å². The lowest BCUT2D eigenvalue weighted by atomic mass is 9.93. The zero-order valence-electron chi connectivity index (χ0n) is 15.3. The number of rotatable bonds is 4. The minimum atomic E-state index is 0.426. The first-order valence-corrected chi connectivity index (χ1v) is 9.55. The highest BCUT2D eigenvalue weighted by molar-refractivity contribution is 9.10. The van der Waals surface area contributed by atoms with Crippen LogP contribution in [0.15, 0.2) is 59.1 Å². The zero-order valence-corrected chi connectivity index (χ0v) is 16.8. The summed E-state index contributed by atoms with van der Waals surface area (Å²) in [7, 11) is 0. The fraction of sp³-hybridized carbons (Fsp3) is 0.217. The Morgan fingerprint density at radius 1 is 1.04 bits per heavy atom. The first-order chi connectivity index (χ1) is 12.5. The molecule has 0 radical (unpaired) electrons. The molecule has 3 aromatic rings. The van der Waals surface area contributed by atoms with Crippen LogP contribution in [0.4, 0.5) is 0 Å². The van der Waals surface area contributed by atoms with E-state index >= 15 is 0 Å². The molecule has 2 aromatic carbocycles.